The fourth-order valence-electron chi connectivity index (χ4n) is 4.58. The van der Waals surface area contributed by atoms with Gasteiger partial charge in [-0.1, -0.05) is 37.3 Å². The lowest BCUT2D eigenvalue weighted by Crippen LogP contribution is -2.21. The highest BCUT2D eigenvalue weighted by molar-refractivity contribution is 5.73. The van der Waals surface area contributed by atoms with Gasteiger partial charge < -0.3 is 9.64 Å². The van der Waals surface area contributed by atoms with E-state index in [1.807, 2.05) is 36.4 Å². The molecule has 0 unspecified atom stereocenters. The number of ether oxygens (including phenoxy) is 1. The molecule has 5 aromatic rings. The molecule has 0 aliphatic carbocycles. The summed E-state index contributed by atoms with van der Waals surface area (Å²) in [5.41, 5.74) is 3.84. The molecule has 0 radical (unpaired) electrons. The van der Waals surface area contributed by atoms with Crippen LogP contribution in [0.5, 0.6) is 5.75 Å². The number of halogens is 1. The molecule has 188 valence electrons. The Morgan fingerprint density at radius 2 is 1.70 bits per heavy atom. The normalized spacial score (nSPS) is 11.4. The number of benzene rings is 3. The number of imidazole rings is 1. The lowest BCUT2D eigenvalue weighted by Gasteiger charge is -2.18. The maximum absolute atomic E-state index is 15.5. The van der Waals surface area contributed by atoms with Gasteiger partial charge in [0.05, 0.1) is 12.8 Å². The summed E-state index contributed by atoms with van der Waals surface area (Å²) in [4.78, 5) is 24.3. The van der Waals surface area contributed by atoms with Gasteiger partial charge in [-0.3, -0.25) is 13.9 Å². The predicted octanol–water partition coefficient (Wildman–Crippen LogP) is 5.23. The highest BCUT2D eigenvalue weighted by Gasteiger charge is 2.16. The fourth-order valence-corrected chi connectivity index (χ4v) is 4.58. The van der Waals surface area contributed by atoms with Crippen LogP contribution < -0.4 is 10.3 Å². The molecule has 0 N–H and O–H groups in total. The summed E-state index contributed by atoms with van der Waals surface area (Å²) >= 11 is 0. The van der Waals surface area contributed by atoms with Crippen molar-refractivity contribution in [1.29, 1.82) is 0 Å². The van der Waals surface area contributed by atoms with Gasteiger partial charge in [0.25, 0.3) is 5.56 Å². The standard InChI is InChI=1S/C29H28FN5O2/c1-4-15-33(2)17-21-7-5-6-8-24(21)20-9-14-26(25(30)16-20)35-19-32-28-27(29(35)36)34(18-31-28)22-10-12-23(37-3)13-11-22/h5-14,16,18-19H,4,15,17H2,1-3H3. The second kappa shape index (κ2) is 10.4. The highest BCUT2D eigenvalue weighted by atomic mass is 19.1. The summed E-state index contributed by atoms with van der Waals surface area (Å²) in [6.45, 7) is 3.89. The number of rotatable bonds is 8. The number of hydrogen-bond acceptors (Lipinski definition) is 5. The van der Waals surface area contributed by atoms with Gasteiger partial charge in [0.2, 0.25) is 0 Å². The third-order valence-electron chi connectivity index (χ3n) is 6.40. The highest BCUT2D eigenvalue weighted by Crippen LogP contribution is 2.28. The van der Waals surface area contributed by atoms with Crippen LogP contribution in [0.3, 0.4) is 0 Å². The Morgan fingerprint density at radius 1 is 0.973 bits per heavy atom. The zero-order chi connectivity index (χ0) is 25.9. The van der Waals surface area contributed by atoms with E-state index in [0.29, 0.717) is 11.4 Å². The molecular formula is C29H28FN5O2. The van der Waals surface area contributed by atoms with Crippen LogP contribution in [0.2, 0.25) is 0 Å². The molecule has 0 atom stereocenters. The van der Waals surface area contributed by atoms with Crippen LogP contribution in [0, 0.1) is 5.82 Å². The van der Waals surface area contributed by atoms with Crippen molar-refractivity contribution in [1.82, 2.24) is 24.0 Å². The molecule has 0 amide bonds. The van der Waals surface area contributed by atoms with Crippen LogP contribution in [-0.2, 0) is 6.54 Å². The summed E-state index contributed by atoms with van der Waals surface area (Å²) in [7, 11) is 3.67. The fraction of sp³-hybridized carbons (Fsp3) is 0.207. The molecule has 0 aliphatic heterocycles. The largest absolute Gasteiger partial charge is 0.497 e. The Hall–Kier alpha value is -4.30. The van der Waals surface area contributed by atoms with E-state index in [-0.39, 0.29) is 11.2 Å². The first-order valence-electron chi connectivity index (χ1n) is 12.2. The van der Waals surface area contributed by atoms with Gasteiger partial charge in [-0.05, 0) is 73.1 Å². The summed E-state index contributed by atoms with van der Waals surface area (Å²) in [6.07, 6.45) is 3.92. The predicted molar refractivity (Wildman–Crippen MR) is 143 cm³/mol. The number of nitrogens with zero attached hydrogens (tertiary/aromatic N) is 5. The maximum Gasteiger partial charge on any atom is 0.284 e. The van der Waals surface area contributed by atoms with Gasteiger partial charge in [-0.25, -0.2) is 14.4 Å². The molecule has 3 aromatic carbocycles. The monoisotopic (exact) mass is 497 g/mol. The molecule has 8 heteroatoms. The molecule has 0 bridgehead atoms. The van der Waals surface area contributed by atoms with E-state index < -0.39 is 11.4 Å². The molecule has 2 aromatic heterocycles. The topological polar surface area (TPSA) is 65.2 Å². The third kappa shape index (κ3) is 4.75. The SMILES string of the molecule is CCCN(C)Cc1ccccc1-c1ccc(-n2cnc3ncn(-c4ccc(OC)cc4)c3c2=O)c(F)c1. The zero-order valence-electron chi connectivity index (χ0n) is 21.1. The quantitative estimate of drug-likeness (QED) is 0.294. The molecule has 7 nitrogen and oxygen atoms in total. The van der Waals surface area contributed by atoms with Crippen LogP contribution in [0.1, 0.15) is 18.9 Å². The smallest absolute Gasteiger partial charge is 0.284 e. The van der Waals surface area contributed by atoms with Gasteiger partial charge in [-0.2, -0.15) is 0 Å². The Kier molecular flexibility index (Phi) is 6.83. The lowest BCUT2D eigenvalue weighted by molar-refractivity contribution is 0.328. The summed E-state index contributed by atoms with van der Waals surface area (Å²) < 4.78 is 23.6. The Labute approximate surface area is 214 Å². The molecule has 0 saturated carbocycles. The third-order valence-corrected chi connectivity index (χ3v) is 6.40. The summed E-state index contributed by atoms with van der Waals surface area (Å²) in [5.74, 6) is 0.192. The summed E-state index contributed by atoms with van der Waals surface area (Å²) in [5, 5.41) is 0. The summed E-state index contributed by atoms with van der Waals surface area (Å²) in [6, 6.07) is 20.2. The van der Waals surface area contributed by atoms with Crippen LogP contribution in [0.25, 0.3) is 33.7 Å². The van der Waals surface area contributed by atoms with Crippen molar-refractivity contribution in [3.05, 3.63) is 101 Å². The number of hydrogen-bond donors (Lipinski definition) is 0. The van der Waals surface area contributed by atoms with Gasteiger partial charge in [-0.15, -0.1) is 0 Å². The van der Waals surface area contributed by atoms with E-state index >= 15 is 4.39 Å². The van der Waals surface area contributed by atoms with E-state index in [2.05, 4.69) is 34.9 Å². The van der Waals surface area contributed by atoms with E-state index in [0.717, 1.165) is 41.9 Å². The molecule has 5 rings (SSSR count). The second-order valence-corrected chi connectivity index (χ2v) is 8.97. The molecule has 0 saturated heterocycles. The first-order chi connectivity index (χ1) is 18.0. The van der Waals surface area contributed by atoms with Gasteiger partial charge in [0.15, 0.2) is 11.2 Å². The number of fused-ring (bicyclic) bond motifs is 1. The van der Waals surface area contributed by atoms with Gasteiger partial charge in [0, 0.05) is 12.2 Å². The molecule has 37 heavy (non-hydrogen) atoms. The van der Waals surface area contributed by atoms with Crippen molar-refractivity contribution in [3.8, 4) is 28.3 Å². The van der Waals surface area contributed by atoms with Crippen molar-refractivity contribution < 1.29 is 9.13 Å². The van der Waals surface area contributed by atoms with Crippen LogP contribution >= 0.6 is 0 Å². The van der Waals surface area contributed by atoms with Crippen LogP contribution in [0.4, 0.5) is 4.39 Å². The lowest BCUT2D eigenvalue weighted by atomic mass is 9.99. The molecule has 0 fully saturated rings. The van der Waals surface area contributed by atoms with Crippen molar-refractivity contribution in [2.24, 2.45) is 0 Å². The average Bonchev–Trinajstić information content (AvgIpc) is 3.35. The van der Waals surface area contributed by atoms with Crippen LogP contribution in [-0.4, -0.2) is 44.7 Å². The second-order valence-electron chi connectivity index (χ2n) is 8.97. The van der Waals surface area contributed by atoms with Crippen molar-refractivity contribution >= 4 is 11.2 Å². The first kappa shape index (κ1) is 24.4. The van der Waals surface area contributed by atoms with Crippen molar-refractivity contribution in [2.75, 3.05) is 20.7 Å². The molecule has 0 spiro atoms. The molecule has 0 aliphatic rings. The maximum atomic E-state index is 15.5. The van der Waals surface area contributed by atoms with Gasteiger partial charge in [0.1, 0.15) is 24.2 Å². The Balaban J connectivity index is 1.54. The Bertz CT molecular complexity index is 1610. The first-order valence-corrected chi connectivity index (χ1v) is 12.2. The number of methoxy groups -OCH3 is 1. The minimum Gasteiger partial charge on any atom is -0.497 e. The number of aromatic nitrogens is 4. The van der Waals surface area contributed by atoms with E-state index in [9.17, 15) is 4.79 Å². The van der Waals surface area contributed by atoms with Crippen molar-refractivity contribution in [2.45, 2.75) is 19.9 Å². The van der Waals surface area contributed by atoms with Crippen LogP contribution in [0.15, 0.2) is 84.2 Å². The zero-order valence-corrected chi connectivity index (χ0v) is 21.1. The average molecular weight is 498 g/mol. The van der Waals surface area contributed by atoms with E-state index in [1.54, 1.807) is 29.9 Å². The minimum absolute atomic E-state index is 0.131. The van der Waals surface area contributed by atoms with E-state index in [4.69, 9.17) is 4.74 Å². The molecule has 2 heterocycles. The van der Waals surface area contributed by atoms with E-state index in [1.165, 1.54) is 23.3 Å². The Morgan fingerprint density at radius 3 is 2.41 bits per heavy atom. The van der Waals surface area contributed by atoms with Gasteiger partial charge >= 0.3 is 0 Å². The molecular weight excluding hydrogens is 469 g/mol. The minimum atomic E-state index is -0.507. The van der Waals surface area contributed by atoms with Crippen molar-refractivity contribution in [3.63, 3.8) is 0 Å².